The van der Waals surface area contributed by atoms with Crippen molar-refractivity contribution in [2.75, 3.05) is 12.4 Å². The van der Waals surface area contributed by atoms with E-state index in [0.29, 0.717) is 11.3 Å². The van der Waals surface area contributed by atoms with Crippen molar-refractivity contribution in [1.82, 2.24) is 9.97 Å². The van der Waals surface area contributed by atoms with Crippen LogP contribution < -0.4 is 10.1 Å². The van der Waals surface area contributed by atoms with Crippen LogP contribution in [0.3, 0.4) is 0 Å². The standard InChI is InChI=1S/C13H12N4O4/c1-8-5-9(17(19)20)3-4-10(8)16-13(18)11-6-12(21-2)15-7-14-11/h3-7H,1-2H3,(H,16,18). The summed E-state index contributed by atoms with van der Waals surface area (Å²) in [5.41, 5.74) is 1.16. The van der Waals surface area contributed by atoms with Gasteiger partial charge in [0, 0.05) is 23.9 Å². The molecule has 0 aliphatic carbocycles. The third-order valence-electron chi connectivity index (χ3n) is 2.75. The van der Waals surface area contributed by atoms with E-state index in [0.717, 1.165) is 0 Å². The van der Waals surface area contributed by atoms with Gasteiger partial charge in [-0.25, -0.2) is 9.97 Å². The van der Waals surface area contributed by atoms with Crippen molar-refractivity contribution in [2.45, 2.75) is 6.92 Å². The molecule has 0 unspecified atom stereocenters. The number of carbonyl (C=O) groups excluding carboxylic acids is 1. The fraction of sp³-hybridized carbons (Fsp3) is 0.154. The van der Waals surface area contributed by atoms with Gasteiger partial charge in [-0.05, 0) is 18.6 Å². The minimum Gasteiger partial charge on any atom is -0.481 e. The third kappa shape index (κ3) is 3.30. The van der Waals surface area contributed by atoms with Crippen molar-refractivity contribution in [3.05, 3.63) is 52.0 Å². The van der Waals surface area contributed by atoms with E-state index in [2.05, 4.69) is 15.3 Å². The summed E-state index contributed by atoms with van der Waals surface area (Å²) in [6.07, 6.45) is 1.22. The second-order valence-electron chi connectivity index (χ2n) is 4.16. The largest absolute Gasteiger partial charge is 0.481 e. The molecule has 2 aromatic rings. The lowest BCUT2D eigenvalue weighted by Gasteiger charge is -2.08. The normalized spacial score (nSPS) is 10.0. The number of nitrogens with one attached hydrogen (secondary N) is 1. The summed E-state index contributed by atoms with van der Waals surface area (Å²) in [4.78, 5) is 29.9. The van der Waals surface area contributed by atoms with Crippen LogP contribution in [-0.4, -0.2) is 27.9 Å². The average Bonchev–Trinajstić information content (AvgIpc) is 2.49. The van der Waals surface area contributed by atoms with Gasteiger partial charge in [-0.1, -0.05) is 0 Å². The molecular weight excluding hydrogens is 276 g/mol. The number of amides is 1. The number of aryl methyl sites for hydroxylation is 1. The van der Waals surface area contributed by atoms with Crippen LogP contribution in [-0.2, 0) is 0 Å². The molecule has 0 aliphatic rings. The van der Waals surface area contributed by atoms with Crippen molar-refractivity contribution in [2.24, 2.45) is 0 Å². The van der Waals surface area contributed by atoms with Gasteiger partial charge in [0.1, 0.15) is 12.0 Å². The first-order valence-corrected chi connectivity index (χ1v) is 5.93. The molecule has 1 aromatic carbocycles. The molecular formula is C13H12N4O4. The highest BCUT2D eigenvalue weighted by atomic mass is 16.6. The highest BCUT2D eigenvalue weighted by Crippen LogP contribution is 2.21. The van der Waals surface area contributed by atoms with Crippen molar-refractivity contribution >= 4 is 17.3 Å². The van der Waals surface area contributed by atoms with Crippen LogP contribution >= 0.6 is 0 Å². The van der Waals surface area contributed by atoms with E-state index in [1.165, 1.54) is 37.7 Å². The van der Waals surface area contributed by atoms with E-state index in [-0.39, 0.29) is 17.3 Å². The summed E-state index contributed by atoms with van der Waals surface area (Å²) in [5.74, 6) is -0.178. The Morgan fingerprint density at radius 3 is 2.71 bits per heavy atom. The Morgan fingerprint density at radius 1 is 1.33 bits per heavy atom. The van der Waals surface area contributed by atoms with E-state index in [1.807, 2.05) is 0 Å². The van der Waals surface area contributed by atoms with Crippen LogP contribution in [0.4, 0.5) is 11.4 Å². The maximum atomic E-state index is 12.1. The number of nitro benzene ring substituents is 1. The molecule has 8 nitrogen and oxygen atoms in total. The lowest BCUT2D eigenvalue weighted by atomic mass is 10.1. The number of aromatic nitrogens is 2. The van der Waals surface area contributed by atoms with Crippen molar-refractivity contribution in [3.8, 4) is 5.88 Å². The molecule has 8 heteroatoms. The highest BCUT2D eigenvalue weighted by molar-refractivity contribution is 6.03. The Hall–Kier alpha value is -3.03. The summed E-state index contributed by atoms with van der Waals surface area (Å²) in [7, 11) is 1.44. The van der Waals surface area contributed by atoms with Gasteiger partial charge in [-0.2, -0.15) is 0 Å². The number of methoxy groups -OCH3 is 1. The van der Waals surface area contributed by atoms with Crippen LogP contribution in [0.1, 0.15) is 16.1 Å². The summed E-state index contributed by atoms with van der Waals surface area (Å²) in [6.45, 7) is 1.67. The molecule has 1 aromatic heterocycles. The minimum absolute atomic E-state index is 0.0331. The quantitative estimate of drug-likeness (QED) is 0.680. The monoisotopic (exact) mass is 288 g/mol. The number of nitrogens with zero attached hydrogens (tertiary/aromatic N) is 3. The van der Waals surface area contributed by atoms with Crippen LogP contribution in [0.2, 0.25) is 0 Å². The summed E-state index contributed by atoms with van der Waals surface area (Å²) >= 11 is 0. The zero-order chi connectivity index (χ0) is 15.4. The van der Waals surface area contributed by atoms with Crippen molar-refractivity contribution in [3.63, 3.8) is 0 Å². The topological polar surface area (TPSA) is 107 Å². The Balaban J connectivity index is 2.21. The third-order valence-corrected chi connectivity index (χ3v) is 2.75. The van der Waals surface area contributed by atoms with Crippen LogP contribution in [0.15, 0.2) is 30.6 Å². The second-order valence-corrected chi connectivity index (χ2v) is 4.16. The number of carbonyl (C=O) groups is 1. The zero-order valence-corrected chi connectivity index (χ0v) is 11.4. The molecule has 0 radical (unpaired) electrons. The maximum Gasteiger partial charge on any atom is 0.274 e. The smallest absolute Gasteiger partial charge is 0.274 e. The summed E-state index contributed by atoms with van der Waals surface area (Å²) in [5, 5.41) is 13.3. The number of nitro groups is 1. The molecule has 0 bridgehead atoms. The molecule has 2 rings (SSSR count). The lowest BCUT2D eigenvalue weighted by molar-refractivity contribution is -0.384. The first kappa shape index (κ1) is 14.4. The molecule has 0 fully saturated rings. The Kier molecular flexibility index (Phi) is 4.07. The van der Waals surface area contributed by atoms with Crippen LogP contribution in [0.25, 0.3) is 0 Å². The molecule has 0 saturated carbocycles. The number of ether oxygens (including phenoxy) is 1. The van der Waals surface area contributed by atoms with Crippen LogP contribution in [0, 0.1) is 17.0 Å². The Morgan fingerprint density at radius 2 is 2.10 bits per heavy atom. The second kappa shape index (κ2) is 5.95. The maximum absolute atomic E-state index is 12.1. The lowest BCUT2D eigenvalue weighted by Crippen LogP contribution is -2.14. The van der Waals surface area contributed by atoms with Crippen LogP contribution in [0.5, 0.6) is 5.88 Å². The molecule has 1 heterocycles. The summed E-state index contributed by atoms with van der Waals surface area (Å²) < 4.78 is 4.91. The molecule has 1 N–H and O–H groups in total. The molecule has 0 saturated heterocycles. The molecule has 0 aliphatic heterocycles. The van der Waals surface area contributed by atoms with Gasteiger partial charge in [-0.3, -0.25) is 14.9 Å². The van der Waals surface area contributed by atoms with Gasteiger partial charge < -0.3 is 10.1 Å². The first-order valence-electron chi connectivity index (χ1n) is 5.93. The fourth-order valence-corrected chi connectivity index (χ4v) is 1.66. The predicted octanol–water partition coefficient (Wildman–Crippen LogP) is 1.95. The molecule has 1 amide bonds. The van der Waals surface area contributed by atoms with E-state index in [9.17, 15) is 14.9 Å². The number of anilines is 1. The van der Waals surface area contributed by atoms with E-state index >= 15 is 0 Å². The zero-order valence-electron chi connectivity index (χ0n) is 11.4. The Bertz CT molecular complexity index is 702. The van der Waals surface area contributed by atoms with Gasteiger partial charge in [0.15, 0.2) is 0 Å². The van der Waals surface area contributed by atoms with E-state index in [1.54, 1.807) is 6.92 Å². The number of hydrogen-bond donors (Lipinski definition) is 1. The molecule has 21 heavy (non-hydrogen) atoms. The van der Waals surface area contributed by atoms with Gasteiger partial charge in [-0.15, -0.1) is 0 Å². The number of benzene rings is 1. The first-order chi connectivity index (χ1) is 10.0. The Labute approximate surface area is 120 Å². The molecule has 0 spiro atoms. The molecule has 0 atom stereocenters. The number of rotatable bonds is 4. The van der Waals surface area contributed by atoms with Gasteiger partial charge >= 0.3 is 0 Å². The molecule has 108 valence electrons. The number of non-ortho nitro benzene ring substituents is 1. The highest BCUT2D eigenvalue weighted by Gasteiger charge is 2.13. The van der Waals surface area contributed by atoms with Gasteiger partial charge in [0.2, 0.25) is 5.88 Å². The van der Waals surface area contributed by atoms with Gasteiger partial charge in [0.25, 0.3) is 11.6 Å². The van der Waals surface area contributed by atoms with Gasteiger partial charge in [0.05, 0.1) is 12.0 Å². The predicted molar refractivity (Wildman–Crippen MR) is 74.4 cm³/mol. The van der Waals surface area contributed by atoms with E-state index in [4.69, 9.17) is 4.74 Å². The van der Waals surface area contributed by atoms with E-state index < -0.39 is 10.8 Å². The fourth-order valence-electron chi connectivity index (χ4n) is 1.66. The van der Waals surface area contributed by atoms with Crippen molar-refractivity contribution in [1.29, 1.82) is 0 Å². The summed E-state index contributed by atoms with van der Waals surface area (Å²) in [6, 6.07) is 5.58. The minimum atomic E-state index is -0.492. The average molecular weight is 288 g/mol. The van der Waals surface area contributed by atoms with Crippen molar-refractivity contribution < 1.29 is 14.5 Å². The SMILES string of the molecule is COc1cc(C(=O)Nc2ccc([N+](=O)[O-])cc2C)ncn1. The number of hydrogen-bond acceptors (Lipinski definition) is 6.